The molecule has 3 aromatic carbocycles. The van der Waals surface area contributed by atoms with Crippen LogP contribution in [0.15, 0.2) is 67.3 Å². The van der Waals surface area contributed by atoms with Gasteiger partial charge in [0, 0.05) is 11.1 Å². The van der Waals surface area contributed by atoms with Gasteiger partial charge in [-0.25, -0.2) is 13.2 Å². The minimum Gasteiger partial charge on any atom is -0.490 e. The molecule has 1 aliphatic carbocycles. The zero-order valence-corrected chi connectivity index (χ0v) is 20.4. The number of ether oxygens (including phenoxy) is 1. The predicted octanol–water partition coefficient (Wildman–Crippen LogP) is 8.85. The summed E-state index contributed by atoms with van der Waals surface area (Å²) in [7, 11) is 0. The summed E-state index contributed by atoms with van der Waals surface area (Å²) >= 11 is 0. The van der Waals surface area contributed by atoms with Gasteiger partial charge in [0.05, 0.1) is 6.61 Å². The van der Waals surface area contributed by atoms with E-state index in [1.807, 2.05) is 6.08 Å². The molecule has 1 atom stereocenters. The molecule has 3 aromatic rings. The molecule has 0 radical (unpaired) electrons. The zero-order valence-electron chi connectivity index (χ0n) is 20.4. The Hall–Kier alpha value is -3.34. The molecule has 1 aliphatic rings. The average Bonchev–Trinajstić information content (AvgIpc) is 2.89. The lowest BCUT2D eigenvalue weighted by Crippen LogP contribution is -2.05. The van der Waals surface area contributed by atoms with Gasteiger partial charge in [0.15, 0.2) is 23.2 Å². The van der Waals surface area contributed by atoms with Gasteiger partial charge in [-0.2, -0.15) is 4.39 Å². The molecule has 1 unspecified atom stereocenters. The van der Waals surface area contributed by atoms with Gasteiger partial charge in [0.2, 0.25) is 5.82 Å². The lowest BCUT2D eigenvalue weighted by atomic mass is 9.87. The van der Waals surface area contributed by atoms with Crippen LogP contribution in [-0.2, 0) is 12.8 Å². The first-order valence-electron chi connectivity index (χ1n) is 12.4. The van der Waals surface area contributed by atoms with Crippen molar-refractivity contribution < 1.29 is 22.3 Å². The second-order valence-corrected chi connectivity index (χ2v) is 9.37. The van der Waals surface area contributed by atoms with E-state index in [0.717, 1.165) is 30.4 Å². The SMILES string of the molecule is C=CCCOc1ccc(-c2ccc(CCc3ccc(C4=CCC(C)CC4)c(F)c3F)cc2)c(F)c1F. The maximum absolute atomic E-state index is 14.8. The van der Waals surface area contributed by atoms with E-state index in [4.69, 9.17) is 4.74 Å². The summed E-state index contributed by atoms with van der Waals surface area (Å²) in [6, 6.07) is 13.2. The van der Waals surface area contributed by atoms with E-state index in [9.17, 15) is 17.6 Å². The number of rotatable bonds is 9. The fourth-order valence-electron chi connectivity index (χ4n) is 4.49. The lowest BCUT2D eigenvalue weighted by Gasteiger charge is -2.19. The van der Waals surface area contributed by atoms with Crippen molar-refractivity contribution in [2.75, 3.05) is 6.61 Å². The Bertz CT molecular complexity index is 1260. The second kappa shape index (κ2) is 11.6. The number of hydrogen-bond acceptors (Lipinski definition) is 1. The normalized spacial score (nSPS) is 15.5. The molecular weight excluding hydrogens is 464 g/mol. The third-order valence-corrected chi connectivity index (χ3v) is 6.76. The number of benzene rings is 3. The van der Waals surface area contributed by atoms with Crippen LogP contribution >= 0.6 is 0 Å². The number of halogens is 4. The molecule has 36 heavy (non-hydrogen) atoms. The Balaban J connectivity index is 1.43. The molecule has 0 N–H and O–H groups in total. The van der Waals surface area contributed by atoms with Crippen molar-refractivity contribution in [3.8, 4) is 16.9 Å². The molecule has 0 bridgehead atoms. The number of allylic oxidation sites excluding steroid dienone is 2. The quantitative estimate of drug-likeness (QED) is 0.164. The van der Waals surface area contributed by atoms with Crippen LogP contribution in [0, 0.1) is 29.2 Å². The molecule has 0 fully saturated rings. The van der Waals surface area contributed by atoms with E-state index >= 15 is 0 Å². The van der Waals surface area contributed by atoms with Crippen molar-refractivity contribution in [2.45, 2.75) is 45.4 Å². The van der Waals surface area contributed by atoms with E-state index in [-0.39, 0.29) is 17.9 Å². The molecule has 0 amide bonds. The van der Waals surface area contributed by atoms with Crippen molar-refractivity contribution >= 4 is 5.57 Å². The van der Waals surface area contributed by atoms with Crippen molar-refractivity contribution in [3.05, 3.63) is 107 Å². The first-order valence-corrected chi connectivity index (χ1v) is 12.4. The van der Waals surface area contributed by atoms with Gasteiger partial charge in [-0.1, -0.05) is 55.5 Å². The van der Waals surface area contributed by atoms with Gasteiger partial charge >= 0.3 is 0 Å². The summed E-state index contributed by atoms with van der Waals surface area (Å²) in [6.07, 6.45) is 7.64. The molecule has 0 saturated heterocycles. The van der Waals surface area contributed by atoms with E-state index in [1.165, 1.54) is 12.1 Å². The van der Waals surface area contributed by atoms with E-state index in [1.54, 1.807) is 42.5 Å². The van der Waals surface area contributed by atoms with Gasteiger partial charge in [0.1, 0.15) is 0 Å². The molecule has 0 heterocycles. The highest BCUT2D eigenvalue weighted by atomic mass is 19.2. The highest BCUT2D eigenvalue weighted by Gasteiger charge is 2.19. The maximum atomic E-state index is 14.8. The van der Waals surface area contributed by atoms with Crippen LogP contribution in [0.5, 0.6) is 5.75 Å². The average molecular weight is 495 g/mol. The summed E-state index contributed by atoms with van der Waals surface area (Å²) in [5.74, 6) is -3.14. The van der Waals surface area contributed by atoms with Crippen LogP contribution in [0.25, 0.3) is 16.7 Å². The van der Waals surface area contributed by atoms with E-state index in [2.05, 4.69) is 13.5 Å². The van der Waals surface area contributed by atoms with Crippen molar-refractivity contribution in [2.24, 2.45) is 5.92 Å². The van der Waals surface area contributed by atoms with Gasteiger partial charge in [-0.3, -0.25) is 0 Å². The first-order chi connectivity index (χ1) is 17.4. The number of aryl methyl sites for hydroxylation is 2. The molecular formula is C31H30F4O. The minimum absolute atomic E-state index is 0.130. The van der Waals surface area contributed by atoms with Crippen LogP contribution in [0.1, 0.15) is 49.3 Å². The molecule has 5 heteroatoms. The Labute approximate surface area is 210 Å². The fourth-order valence-corrected chi connectivity index (χ4v) is 4.49. The summed E-state index contributed by atoms with van der Waals surface area (Å²) < 4.78 is 63.9. The van der Waals surface area contributed by atoms with Crippen LogP contribution in [-0.4, -0.2) is 6.61 Å². The van der Waals surface area contributed by atoms with Gasteiger partial charge in [0.25, 0.3) is 0 Å². The smallest absolute Gasteiger partial charge is 0.201 e. The van der Waals surface area contributed by atoms with E-state index in [0.29, 0.717) is 41.9 Å². The molecule has 1 nitrogen and oxygen atoms in total. The Kier molecular flexibility index (Phi) is 8.29. The first kappa shape index (κ1) is 25.7. The highest BCUT2D eigenvalue weighted by Crippen LogP contribution is 2.33. The van der Waals surface area contributed by atoms with Crippen LogP contribution in [0.4, 0.5) is 17.6 Å². The summed E-state index contributed by atoms with van der Waals surface area (Å²) in [5.41, 5.74) is 3.10. The zero-order chi connectivity index (χ0) is 25.7. The third kappa shape index (κ3) is 5.72. The van der Waals surface area contributed by atoms with Gasteiger partial charge in [-0.15, -0.1) is 6.58 Å². The molecule has 0 aliphatic heterocycles. The maximum Gasteiger partial charge on any atom is 0.201 e. The standard InChI is InChI=1S/C31H30F4O/c1-3-4-19-36-27-18-17-26(30(34)31(27)35)23-12-7-21(8-13-23)9-14-24-15-16-25(29(33)28(24)32)22-10-5-20(2)6-11-22/h3,7-8,10,12-13,15-18,20H,1,4-6,9,11,14,19H2,2H3. The number of hydrogen-bond donors (Lipinski definition) is 0. The van der Waals surface area contributed by atoms with Crippen LogP contribution in [0.2, 0.25) is 0 Å². The Morgan fingerprint density at radius 1 is 0.861 bits per heavy atom. The summed E-state index contributed by atoms with van der Waals surface area (Å²) in [6.45, 7) is 5.95. The largest absolute Gasteiger partial charge is 0.490 e. The third-order valence-electron chi connectivity index (χ3n) is 6.76. The van der Waals surface area contributed by atoms with Crippen molar-refractivity contribution in [3.63, 3.8) is 0 Å². The molecule has 0 aromatic heterocycles. The molecule has 0 saturated carbocycles. The van der Waals surface area contributed by atoms with Crippen LogP contribution < -0.4 is 4.74 Å². The highest BCUT2D eigenvalue weighted by molar-refractivity contribution is 5.67. The van der Waals surface area contributed by atoms with Crippen molar-refractivity contribution in [1.29, 1.82) is 0 Å². The van der Waals surface area contributed by atoms with Gasteiger partial charge in [-0.05, 0) is 78.8 Å². The topological polar surface area (TPSA) is 9.23 Å². The molecule has 4 rings (SSSR count). The molecule has 188 valence electrons. The monoisotopic (exact) mass is 494 g/mol. The summed E-state index contributed by atoms with van der Waals surface area (Å²) in [5, 5.41) is 0. The lowest BCUT2D eigenvalue weighted by molar-refractivity contribution is 0.302. The van der Waals surface area contributed by atoms with E-state index < -0.39 is 23.3 Å². The Morgan fingerprint density at radius 3 is 2.28 bits per heavy atom. The molecule has 0 spiro atoms. The second-order valence-electron chi connectivity index (χ2n) is 9.37. The minimum atomic E-state index is -1.03. The van der Waals surface area contributed by atoms with Gasteiger partial charge < -0.3 is 4.74 Å². The van der Waals surface area contributed by atoms with Crippen molar-refractivity contribution in [1.82, 2.24) is 0 Å². The fraction of sp³-hybridized carbons (Fsp3) is 0.290. The van der Waals surface area contributed by atoms with Crippen LogP contribution in [0.3, 0.4) is 0 Å². The summed E-state index contributed by atoms with van der Waals surface area (Å²) in [4.78, 5) is 0. The Morgan fingerprint density at radius 2 is 1.58 bits per heavy atom. The predicted molar refractivity (Wildman–Crippen MR) is 137 cm³/mol.